The number of amides is 1. The van der Waals surface area contributed by atoms with E-state index in [0.717, 1.165) is 37.9 Å². The van der Waals surface area contributed by atoms with Gasteiger partial charge in [-0.25, -0.2) is 15.0 Å². The molecule has 1 atom stereocenters. The number of aromatic nitrogens is 3. The Morgan fingerprint density at radius 1 is 1.25 bits per heavy atom. The second-order valence-corrected chi connectivity index (χ2v) is 6.36. The summed E-state index contributed by atoms with van der Waals surface area (Å²) in [5, 5.41) is 0. The van der Waals surface area contributed by atoms with E-state index in [9.17, 15) is 4.79 Å². The van der Waals surface area contributed by atoms with Crippen molar-refractivity contribution in [1.82, 2.24) is 19.9 Å². The first-order valence-corrected chi connectivity index (χ1v) is 8.76. The number of likely N-dealkylation sites (tertiary alicyclic amines) is 1. The number of hydrogen-bond acceptors (Lipinski definition) is 4. The predicted molar refractivity (Wildman–Crippen MR) is 93.6 cm³/mol. The summed E-state index contributed by atoms with van der Waals surface area (Å²) in [6.45, 7) is 4.89. The first kappa shape index (κ1) is 16.6. The van der Waals surface area contributed by atoms with E-state index in [0.29, 0.717) is 23.1 Å². The van der Waals surface area contributed by atoms with Crippen LogP contribution in [0.15, 0.2) is 30.6 Å². The average molecular weight is 324 g/mol. The van der Waals surface area contributed by atoms with Crippen LogP contribution in [0.3, 0.4) is 0 Å². The van der Waals surface area contributed by atoms with Crippen LogP contribution in [0.5, 0.6) is 0 Å². The smallest absolute Gasteiger partial charge is 0.273 e. The molecule has 5 heteroatoms. The second kappa shape index (κ2) is 7.51. The van der Waals surface area contributed by atoms with Gasteiger partial charge in [-0.3, -0.25) is 4.79 Å². The standard InChI is InChI=1S/C19H24N4O/c1-3-7-15-8-4-5-13-23(15)19(24)17-16(10-9-14(2)22-17)18-20-11-6-12-21-18/h6,9-12,15H,3-5,7-8,13H2,1-2H3. The number of carbonyl (C=O) groups excluding carboxylic acids is 1. The van der Waals surface area contributed by atoms with Crippen LogP contribution in [0.1, 0.15) is 55.2 Å². The maximum Gasteiger partial charge on any atom is 0.273 e. The van der Waals surface area contributed by atoms with Gasteiger partial charge >= 0.3 is 0 Å². The van der Waals surface area contributed by atoms with E-state index < -0.39 is 0 Å². The highest BCUT2D eigenvalue weighted by atomic mass is 16.2. The highest BCUT2D eigenvalue weighted by molar-refractivity contribution is 5.98. The van der Waals surface area contributed by atoms with Crippen molar-refractivity contribution < 1.29 is 4.79 Å². The molecule has 3 rings (SSSR count). The van der Waals surface area contributed by atoms with Crippen molar-refractivity contribution in [3.63, 3.8) is 0 Å². The SMILES string of the molecule is CCCC1CCCCN1C(=O)c1nc(C)ccc1-c1ncccn1. The van der Waals surface area contributed by atoms with Gasteiger partial charge < -0.3 is 4.90 Å². The largest absolute Gasteiger partial charge is 0.334 e. The molecule has 1 amide bonds. The van der Waals surface area contributed by atoms with Crippen LogP contribution in [0.4, 0.5) is 0 Å². The molecule has 2 aromatic rings. The molecule has 126 valence electrons. The van der Waals surface area contributed by atoms with E-state index >= 15 is 0 Å². The molecule has 0 spiro atoms. The summed E-state index contributed by atoms with van der Waals surface area (Å²) in [4.78, 5) is 28.4. The van der Waals surface area contributed by atoms with Crippen molar-refractivity contribution in [2.75, 3.05) is 6.54 Å². The first-order valence-electron chi connectivity index (χ1n) is 8.76. The van der Waals surface area contributed by atoms with Crippen LogP contribution < -0.4 is 0 Å². The zero-order chi connectivity index (χ0) is 16.9. The molecule has 1 aliphatic heterocycles. The monoisotopic (exact) mass is 324 g/mol. The van der Waals surface area contributed by atoms with E-state index in [1.165, 1.54) is 6.42 Å². The van der Waals surface area contributed by atoms with Crippen molar-refractivity contribution in [2.45, 2.75) is 52.0 Å². The van der Waals surface area contributed by atoms with Gasteiger partial charge in [0.25, 0.3) is 5.91 Å². The molecule has 0 N–H and O–H groups in total. The molecule has 0 radical (unpaired) electrons. The third-order valence-electron chi connectivity index (χ3n) is 4.55. The Morgan fingerprint density at radius 2 is 2.04 bits per heavy atom. The van der Waals surface area contributed by atoms with E-state index in [-0.39, 0.29) is 5.91 Å². The predicted octanol–water partition coefficient (Wildman–Crippen LogP) is 3.64. The molecular weight excluding hydrogens is 300 g/mol. The summed E-state index contributed by atoms with van der Waals surface area (Å²) in [5.74, 6) is 0.566. The lowest BCUT2D eigenvalue weighted by molar-refractivity contribution is 0.0595. The van der Waals surface area contributed by atoms with Gasteiger partial charge in [0.15, 0.2) is 5.82 Å². The van der Waals surface area contributed by atoms with E-state index in [4.69, 9.17) is 0 Å². The number of nitrogens with zero attached hydrogens (tertiary/aromatic N) is 4. The average Bonchev–Trinajstić information content (AvgIpc) is 2.62. The molecule has 5 nitrogen and oxygen atoms in total. The molecule has 0 aliphatic carbocycles. The maximum atomic E-state index is 13.2. The topological polar surface area (TPSA) is 59.0 Å². The molecular formula is C19H24N4O. The molecule has 0 aromatic carbocycles. The minimum absolute atomic E-state index is 0.0132. The summed E-state index contributed by atoms with van der Waals surface area (Å²) in [5.41, 5.74) is 2.03. The molecule has 1 unspecified atom stereocenters. The van der Waals surface area contributed by atoms with Gasteiger partial charge in [0.05, 0.1) is 5.56 Å². The Bertz CT molecular complexity index is 700. The van der Waals surface area contributed by atoms with Crippen molar-refractivity contribution in [2.24, 2.45) is 0 Å². The van der Waals surface area contributed by atoms with E-state index in [1.807, 2.05) is 24.0 Å². The minimum atomic E-state index is 0.0132. The number of rotatable bonds is 4. The molecule has 0 bridgehead atoms. The molecule has 0 saturated carbocycles. The number of pyridine rings is 1. The summed E-state index contributed by atoms with van der Waals surface area (Å²) in [7, 11) is 0. The van der Waals surface area contributed by atoms with Crippen molar-refractivity contribution in [3.8, 4) is 11.4 Å². The van der Waals surface area contributed by atoms with Crippen molar-refractivity contribution in [1.29, 1.82) is 0 Å². The fourth-order valence-corrected chi connectivity index (χ4v) is 3.38. The normalized spacial score (nSPS) is 17.8. The van der Waals surface area contributed by atoms with Gasteiger partial charge in [0.2, 0.25) is 0 Å². The quantitative estimate of drug-likeness (QED) is 0.861. The highest BCUT2D eigenvalue weighted by Crippen LogP contribution is 2.26. The Labute approximate surface area is 143 Å². The Balaban J connectivity index is 1.98. The van der Waals surface area contributed by atoms with Crippen molar-refractivity contribution in [3.05, 3.63) is 42.0 Å². The van der Waals surface area contributed by atoms with Crippen molar-refractivity contribution >= 4 is 5.91 Å². The van der Waals surface area contributed by atoms with Crippen LogP contribution in [0.25, 0.3) is 11.4 Å². The summed E-state index contributed by atoms with van der Waals surface area (Å²) >= 11 is 0. The zero-order valence-corrected chi connectivity index (χ0v) is 14.4. The number of aryl methyl sites for hydroxylation is 1. The third kappa shape index (κ3) is 3.45. The van der Waals surface area contributed by atoms with Crippen LogP contribution in [-0.2, 0) is 0 Å². The zero-order valence-electron chi connectivity index (χ0n) is 14.4. The summed E-state index contributed by atoms with van der Waals surface area (Å²) in [6, 6.07) is 5.91. The fourth-order valence-electron chi connectivity index (χ4n) is 3.38. The van der Waals surface area contributed by atoms with Crippen LogP contribution in [0, 0.1) is 6.92 Å². The van der Waals surface area contributed by atoms with E-state index in [1.54, 1.807) is 18.5 Å². The molecule has 24 heavy (non-hydrogen) atoms. The molecule has 1 aliphatic rings. The lowest BCUT2D eigenvalue weighted by Crippen LogP contribution is -2.44. The molecule has 1 fully saturated rings. The molecule has 2 aromatic heterocycles. The number of hydrogen-bond donors (Lipinski definition) is 0. The Hall–Kier alpha value is -2.30. The summed E-state index contributed by atoms with van der Waals surface area (Å²) in [6.07, 6.45) is 8.87. The van der Waals surface area contributed by atoms with Gasteiger partial charge in [-0.2, -0.15) is 0 Å². The maximum absolute atomic E-state index is 13.2. The minimum Gasteiger partial charge on any atom is -0.334 e. The highest BCUT2D eigenvalue weighted by Gasteiger charge is 2.29. The first-order chi connectivity index (χ1) is 11.7. The Kier molecular flexibility index (Phi) is 5.18. The lowest BCUT2D eigenvalue weighted by Gasteiger charge is -2.35. The fraction of sp³-hybridized carbons (Fsp3) is 0.474. The van der Waals surface area contributed by atoms with Crippen LogP contribution >= 0.6 is 0 Å². The summed E-state index contributed by atoms with van der Waals surface area (Å²) < 4.78 is 0. The molecule has 1 saturated heterocycles. The number of carbonyl (C=O) groups is 1. The van der Waals surface area contributed by atoms with Crippen LogP contribution in [-0.4, -0.2) is 38.3 Å². The van der Waals surface area contributed by atoms with E-state index in [2.05, 4.69) is 21.9 Å². The molecule has 3 heterocycles. The lowest BCUT2D eigenvalue weighted by atomic mass is 9.97. The van der Waals surface area contributed by atoms with Crippen LogP contribution in [0.2, 0.25) is 0 Å². The van der Waals surface area contributed by atoms with Gasteiger partial charge in [-0.15, -0.1) is 0 Å². The van der Waals surface area contributed by atoms with Gasteiger partial charge in [-0.05, 0) is 50.8 Å². The Morgan fingerprint density at radius 3 is 2.79 bits per heavy atom. The van der Waals surface area contributed by atoms with Gasteiger partial charge in [-0.1, -0.05) is 13.3 Å². The second-order valence-electron chi connectivity index (χ2n) is 6.36. The number of piperidine rings is 1. The van der Waals surface area contributed by atoms with Gasteiger partial charge in [0, 0.05) is 30.7 Å². The third-order valence-corrected chi connectivity index (χ3v) is 4.55. The van der Waals surface area contributed by atoms with Gasteiger partial charge in [0.1, 0.15) is 5.69 Å².